The van der Waals surface area contributed by atoms with Gasteiger partial charge in [-0.1, -0.05) is 32.6 Å². The summed E-state index contributed by atoms with van der Waals surface area (Å²) >= 11 is 0. The van der Waals surface area contributed by atoms with Crippen molar-refractivity contribution < 1.29 is 18.3 Å². The number of hydrogen-bond acceptors (Lipinski definition) is 2. The maximum absolute atomic E-state index is 13.5. The van der Waals surface area contributed by atoms with E-state index < -0.39 is 6.43 Å². The van der Waals surface area contributed by atoms with Gasteiger partial charge in [-0.05, 0) is 87.3 Å². The van der Waals surface area contributed by atoms with Gasteiger partial charge in [0.25, 0.3) is 6.43 Å². The second-order valence-electron chi connectivity index (χ2n) is 9.46. The quantitative estimate of drug-likeness (QED) is 0.378. The van der Waals surface area contributed by atoms with Crippen LogP contribution in [0.4, 0.5) is 8.78 Å². The number of halogens is 2. The van der Waals surface area contributed by atoms with Gasteiger partial charge in [-0.3, -0.25) is 4.79 Å². The molecule has 0 bridgehead atoms. The number of benzene rings is 1. The Kier molecular flexibility index (Phi) is 8.71. The van der Waals surface area contributed by atoms with Gasteiger partial charge < -0.3 is 4.74 Å². The van der Waals surface area contributed by atoms with Gasteiger partial charge >= 0.3 is 0 Å². The minimum atomic E-state index is -2.66. The Morgan fingerprint density at radius 3 is 2.10 bits per heavy atom. The molecule has 0 aliphatic heterocycles. The lowest BCUT2D eigenvalue weighted by Crippen LogP contribution is -2.26. The molecular formula is C26H38F2O2. The van der Waals surface area contributed by atoms with E-state index in [9.17, 15) is 13.6 Å². The summed E-state index contributed by atoms with van der Waals surface area (Å²) in [4.78, 5) is 12.8. The summed E-state index contributed by atoms with van der Waals surface area (Å²) in [5, 5.41) is 0. The molecule has 1 aromatic rings. The van der Waals surface area contributed by atoms with Gasteiger partial charge in [-0.15, -0.1) is 0 Å². The predicted octanol–water partition coefficient (Wildman–Crippen LogP) is 8.01. The molecule has 2 saturated carbocycles. The van der Waals surface area contributed by atoms with E-state index in [0.29, 0.717) is 24.7 Å². The van der Waals surface area contributed by atoms with Crippen molar-refractivity contribution in [1.29, 1.82) is 0 Å². The van der Waals surface area contributed by atoms with Crippen LogP contribution in [-0.4, -0.2) is 12.4 Å². The molecule has 168 valence electrons. The topological polar surface area (TPSA) is 26.3 Å². The zero-order valence-electron chi connectivity index (χ0n) is 18.7. The van der Waals surface area contributed by atoms with Crippen molar-refractivity contribution in [2.75, 3.05) is 6.61 Å². The number of rotatable bonds is 9. The Bertz CT molecular complexity index is 672. The SMILES string of the molecule is CCCC1CCC(C2CCC(CC(=O)c3ccc(OCC)cc3C(F)F)CC2)CC1. The van der Waals surface area contributed by atoms with Crippen LogP contribution in [0.25, 0.3) is 0 Å². The molecule has 0 aromatic heterocycles. The fourth-order valence-electron chi connectivity index (χ4n) is 5.82. The van der Waals surface area contributed by atoms with Crippen LogP contribution in [0.3, 0.4) is 0 Å². The fraction of sp³-hybridized carbons (Fsp3) is 0.731. The highest BCUT2D eigenvalue weighted by atomic mass is 19.3. The minimum absolute atomic E-state index is 0.142. The van der Waals surface area contributed by atoms with Crippen molar-refractivity contribution in [2.24, 2.45) is 23.7 Å². The standard InChI is InChI=1S/C26H38F2O2/c1-3-5-18-6-10-20(11-7-18)21-12-8-19(9-13-21)16-25(29)23-15-14-22(30-4-2)17-24(23)26(27)28/h14-15,17-21,26H,3-13,16H2,1-2H3. The summed E-state index contributed by atoms with van der Waals surface area (Å²) in [6.45, 7) is 4.51. The van der Waals surface area contributed by atoms with Gasteiger partial charge in [-0.2, -0.15) is 0 Å². The second kappa shape index (κ2) is 11.2. The number of carbonyl (C=O) groups is 1. The molecule has 30 heavy (non-hydrogen) atoms. The van der Waals surface area contributed by atoms with Crippen molar-refractivity contribution in [3.8, 4) is 5.75 Å². The molecule has 0 radical (unpaired) electrons. The fourth-order valence-corrected chi connectivity index (χ4v) is 5.82. The number of ketones is 1. The first-order valence-electron chi connectivity index (χ1n) is 12.1. The largest absolute Gasteiger partial charge is 0.494 e. The van der Waals surface area contributed by atoms with E-state index in [-0.39, 0.29) is 16.9 Å². The van der Waals surface area contributed by atoms with Crippen molar-refractivity contribution in [1.82, 2.24) is 0 Å². The highest BCUT2D eigenvalue weighted by Gasteiger charge is 2.32. The molecule has 2 fully saturated rings. The van der Waals surface area contributed by atoms with Crippen molar-refractivity contribution in [2.45, 2.75) is 90.9 Å². The summed E-state index contributed by atoms with van der Waals surface area (Å²) in [6.07, 6.45) is 10.5. The van der Waals surface area contributed by atoms with Crippen LogP contribution in [0, 0.1) is 23.7 Å². The van der Waals surface area contributed by atoms with E-state index in [1.54, 1.807) is 6.07 Å². The molecule has 4 heteroatoms. The van der Waals surface area contributed by atoms with Gasteiger partial charge in [0.1, 0.15) is 5.75 Å². The predicted molar refractivity (Wildman–Crippen MR) is 117 cm³/mol. The Labute approximate surface area is 180 Å². The van der Waals surface area contributed by atoms with Crippen LogP contribution in [0.2, 0.25) is 0 Å². The minimum Gasteiger partial charge on any atom is -0.494 e. The normalized spacial score (nSPS) is 27.2. The molecule has 0 amide bonds. The van der Waals surface area contributed by atoms with E-state index in [1.807, 2.05) is 6.92 Å². The zero-order valence-corrected chi connectivity index (χ0v) is 18.7. The molecule has 0 spiro atoms. The molecule has 2 aliphatic carbocycles. The average molecular weight is 421 g/mol. The maximum atomic E-state index is 13.5. The summed E-state index contributed by atoms with van der Waals surface area (Å²) in [7, 11) is 0. The lowest BCUT2D eigenvalue weighted by Gasteiger charge is -2.37. The van der Waals surface area contributed by atoms with Crippen LogP contribution in [0.5, 0.6) is 5.75 Å². The average Bonchev–Trinajstić information content (AvgIpc) is 2.75. The van der Waals surface area contributed by atoms with Crippen molar-refractivity contribution in [3.05, 3.63) is 29.3 Å². The number of Topliss-reactive ketones (excluding diaryl/α,β-unsaturated/α-hetero) is 1. The Morgan fingerprint density at radius 1 is 0.967 bits per heavy atom. The summed E-state index contributed by atoms with van der Waals surface area (Å²) in [5.41, 5.74) is -0.0201. The maximum Gasteiger partial charge on any atom is 0.264 e. The Hall–Kier alpha value is -1.45. The second-order valence-corrected chi connectivity index (χ2v) is 9.46. The number of ether oxygens (including phenoxy) is 1. The van der Waals surface area contributed by atoms with Crippen molar-refractivity contribution >= 4 is 5.78 Å². The van der Waals surface area contributed by atoms with Gasteiger partial charge in [0.15, 0.2) is 5.78 Å². The van der Waals surface area contributed by atoms with E-state index in [4.69, 9.17) is 4.74 Å². The molecule has 0 unspecified atom stereocenters. The van der Waals surface area contributed by atoms with Crippen LogP contribution in [0.1, 0.15) is 107 Å². The van der Waals surface area contributed by atoms with E-state index >= 15 is 0 Å². The molecule has 2 aliphatic rings. The first kappa shape index (κ1) is 23.2. The monoisotopic (exact) mass is 420 g/mol. The van der Waals surface area contributed by atoms with Crippen LogP contribution in [0.15, 0.2) is 18.2 Å². The third-order valence-electron chi connectivity index (χ3n) is 7.49. The summed E-state index contributed by atoms with van der Waals surface area (Å²) < 4.78 is 32.4. The highest BCUT2D eigenvalue weighted by Crippen LogP contribution is 2.43. The molecular weight excluding hydrogens is 382 g/mol. The van der Waals surface area contributed by atoms with Crippen LogP contribution < -0.4 is 4.74 Å². The summed E-state index contributed by atoms with van der Waals surface area (Å²) in [6, 6.07) is 4.48. The molecule has 1 aromatic carbocycles. The third-order valence-corrected chi connectivity index (χ3v) is 7.49. The molecule has 0 heterocycles. The molecule has 3 rings (SSSR count). The van der Waals surface area contributed by atoms with Crippen LogP contribution >= 0.6 is 0 Å². The van der Waals surface area contributed by atoms with Gasteiger partial charge in [0, 0.05) is 17.5 Å². The highest BCUT2D eigenvalue weighted by molar-refractivity contribution is 5.97. The van der Waals surface area contributed by atoms with Crippen molar-refractivity contribution in [3.63, 3.8) is 0 Å². The molecule has 0 N–H and O–H groups in total. The first-order chi connectivity index (χ1) is 14.5. The lowest BCUT2D eigenvalue weighted by molar-refractivity contribution is 0.0907. The van der Waals surface area contributed by atoms with Gasteiger partial charge in [-0.25, -0.2) is 8.78 Å². The number of carbonyl (C=O) groups excluding carboxylic acids is 1. The van der Waals surface area contributed by atoms with E-state index in [1.165, 1.54) is 63.5 Å². The molecule has 2 nitrogen and oxygen atoms in total. The zero-order chi connectivity index (χ0) is 21.5. The number of hydrogen-bond donors (Lipinski definition) is 0. The lowest BCUT2D eigenvalue weighted by atomic mass is 9.68. The molecule has 0 atom stereocenters. The Balaban J connectivity index is 1.51. The third kappa shape index (κ3) is 6.04. The summed E-state index contributed by atoms with van der Waals surface area (Å²) in [5.74, 6) is 3.21. The first-order valence-corrected chi connectivity index (χ1v) is 12.1. The van der Waals surface area contributed by atoms with Gasteiger partial charge in [0.05, 0.1) is 6.61 Å². The molecule has 0 saturated heterocycles. The smallest absolute Gasteiger partial charge is 0.264 e. The van der Waals surface area contributed by atoms with E-state index in [0.717, 1.165) is 30.6 Å². The Morgan fingerprint density at radius 2 is 1.57 bits per heavy atom. The van der Waals surface area contributed by atoms with Gasteiger partial charge in [0.2, 0.25) is 0 Å². The van der Waals surface area contributed by atoms with E-state index in [2.05, 4.69) is 6.92 Å². The van der Waals surface area contributed by atoms with Crippen LogP contribution in [-0.2, 0) is 0 Å². The number of alkyl halides is 2.